The van der Waals surface area contributed by atoms with Crippen LogP contribution in [0.25, 0.3) is 0 Å². The van der Waals surface area contributed by atoms with Crippen molar-refractivity contribution in [2.24, 2.45) is 0 Å². The molecule has 128 valence electrons. The van der Waals surface area contributed by atoms with E-state index in [4.69, 9.17) is 4.74 Å². The van der Waals surface area contributed by atoms with E-state index >= 15 is 0 Å². The van der Waals surface area contributed by atoms with Crippen LogP contribution in [0.5, 0.6) is 5.75 Å². The van der Waals surface area contributed by atoms with Gasteiger partial charge in [0.2, 0.25) is 5.91 Å². The highest BCUT2D eigenvalue weighted by Crippen LogP contribution is 2.10. The smallest absolute Gasteiger partial charge is 0.261 e. The average Bonchev–Trinajstić information content (AvgIpc) is 3.12. The molecule has 1 aromatic carbocycles. The van der Waals surface area contributed by atoms with E-state index < -0.39 is 0 Å². The molecule has 1 aromatic heterocycles. The van der Waals surface area contributed by atoms with Crippen molar-refractivity contribution in [2.75, 3.05) is 19.7 Å². The van der Waals surface area contributed by atoms with Gasteiger partial charge in [-0.05, 0) is 42.1 Å². The van der Waals surface area contributed by atoms with Gasteiger partial charge in [0, 0.05) is 13.0 Å². The predicted molar refractivity (Wildman–Crippen MR) is 90.8 cm³/mol. The van der Waals surface area contributed by atoms with Crippen LogP contribution in [0.4, 0.5) is 4.39 Å². The lowest BCUT2D eigenvalue weighted by molar-refractivity contribution is -0.121. The number of halogens is 1. The summed E-state index contributed by atoms with van der Waals surface area (Å²) in [6.07, 6.45) is 0.906. The molecule has 0 atom stereocenters. The van der Waals surface area contributed by atoms with E-state index in [1.54, 1.807) is 6.07 Å². The summed E-state index contributed by atoms with van der Waals surface area (Å²) in [5, 5.41) is 7.34. The summed E-state index contributed by atoms with van der Waals surface area (Å²) in [5.41, 5.74) is 0. The lowest BCUT2D eigenvalue weighted by Gasteiger charge is -2.08. The van der Waals surface area contributed by atoms with Gasteiger partial charge in [-0.1, -0.05) is 6.07 Å². The Morgan fingerprint density at radius 1 is 1.08 bits per heavy atom. The maximum absolute atomic E-state index is 12.7. The van der Waals surface area contributed by atoms with Crippen LogP contribution in [-0.2, 0) is 4.79 Å². The van der Waals surface area contributed by atoms with Crippen LogP contribution in [0.1, 0.15) is 22.5 Å². The lowest BCUT2D eigenvalue weighted by atomic mass is 10.3. The van der Waals surface area contributed by atoms with E-state index in [9.17, 15) is 14.0 Å². The van der Waals surface area contributed by atoms with Crippen LogP contribution in [0.3, 0.4) is 0 Å². The topological polar surface area (TPSA) is 67.4 Å². The number of nitrogens with one attached hydrogen (secondary N) is 2. The molecule has 0 aliphatic rings. The molecule has 2 aromatic rings. The standard InChI is InChI=1S/C17H19FN2O3S/c18-13-5-7-14(8-6-13)23-11-10-19-16(21)4-1-9-20-17(22)15-3-2-12-24-15/h2-3,5-8,12H,1,4,9-11H2,(H,19,21)(H,20,22). The predicted octanol–water partition coefficient (Wildman–Crippen LogP) is 2.59. The van der Waals surface area contributed by atoms with Crippen LogP contribution in [0, 0.1) is 5.82 Å². The lowest BCUT2D eigenvalue weighted by Crippen LogP contribution is -2.29. The van der Waals surface area contributed by atoms with Crippen molar-refractivity contribution in [3.8, 4) is 5.75 Å². The number of thiophene rings is 1. The molecule has 0 radical (unpaired) electrons. The zero-order valence-electron chi connectivity index (χ0n) is 13.1. The molecule has 0 fully saturated rings. The summed E-state index contributed by atoms with van der Waals surface area (Å²) in [6.45, 7) is 1.14. The van der Waals surface area contributed by atoms with Crippen LogP contribution >= 0.6 is 11.3 Å². The third-order valence-corrected chi connectivity index (χ3v) is 3.99. The quantitative estimate of drug-likeness (QED) is 0.683. The Balaban J connectivity index is 1.50. The molecule has 24 heavy (non-hydrogen) atoms. The normalized spacial score (nSPS) is 10.2. The number of carbonyl (C=O) groups is 2. The fourth-order valence-corrected chi connectivity index (χ4v) is 2.56. The molecule has 5 nitrogen and oxygen atoms in total. The van der Waals surface area contributed by atoms with Crippen molar-refractivity contribution in [2.45, 2.75) is 12.8 Å². The number of hydrogen-bond donors (Lipinski definition) is 2. The number of amides is 2. The highest BCUT2D eigenvalue weighted by atomic mass is 32.1. The highest BCUT2D eigenvalue weighted by molar-refractivity contribution is 7.12. The van der Waals surface area contributed by atoms with Crippen molar-refractivity contribution in [3.05, 3.63) is 52.5 Å². The Morgan fingerprint density at radius 2 is 1.88 bits per heavy atom. The summed E-state index contributed by atoms with van der Waals surface area (Å²) >= 11 is 1.38. The van der Waals surface area contributed by atoms with Gasteiger partial charge >= 0.3 is 0 Å². The van der Waals surface area contributed by atoms with Gasteiger partial charge in [0.1, 0.15) is 18.2 Å². The maximum atomic E-state index is 12.7. The molecule has 0 saturated carbocycles. The van der Waals surface area contributed by atoms with E-state index in [0.717, 1.165) is 0 Å². The third kappa shape index (κ3) is 6.37. The minimum absolute atomic E-state index is 0.0944. The largest absolute Gasteiger partial charge is 0.492 e. The highest BCUT2D eigenvalue weighted by Gasteiger charge is 2.06. The molecule has 0 spiro atoms. The molecular formula is C17H19FN2O3S. The zero-order chi connectivity index (χ0) is 17.2. The van der Waals surface area contributed by atoms with Crippen molar-refractivity contribution in [3.63, 3.8) is 0 Å². The Hall–Kier alpha value is -2.41. The summed E-state index contributed by atoms with van der Waals surface area (Å²) in [7, 11) is 0. The van der Waals surface area contributed by atoms with Gasteiger partial charge < -0.3 is 15.4 Å². The molecule has 2 N–H and O–H groups in total. The average molecular weight is 350 g/mol. The molecule has 0 unspecified atom stereocenters. The summed E-state index contributed by atoms with van der Waals surface area (Å²) in [5.74, 6) is 0.0324. The number of carbonyl (C=O) groups excluding carboxylic acids is 2. The van der Waals surface area contributed by atoms with Crippen LogP contribution in [0.2, 0.25) is 0 Å². The van der Waals surface area contributed by atoms with E-state index in [0.29, 0.717) is 43.2 Å². The van der Waals surface area contributed by atoms with E-state index in [-0.39, 0.29) is 17.6 Å². The van der Waals surface area contributed by atoms with Gasteiger partial charge in [0.15, 0.2) is 0 Å². The molecule has 0 aliphatic carbocycles. The van der Waals surface area contributed by atoms with Gasteiger partial charge in [-0.25, -0.2) is 4.39 Å². The van der Waals surface area contributed by atoms with Crippen LogP contribution < -0.4 is 15.4 Å². The number of benzene rings is 1. The van der Waals surface area contributed by atoms with Gasteiger partial charge in [-0.3, -0.25) is 9.59 Å². The summed E-state index contributed by atoms with van der Waals surface area (Å²) in [4.78, 5) is 24.0. The maximum Gasteiger partial charge on any atom is 0.261 e. The van der Waals surface area contributed by atoms with Crippen molar-refractivity contribution in [1.29, 1.82) is 0 Å². The van der Waals surface area contributed by atoms with Crippen LogP contribution in [0.15, 0.2) is 41.8 Å². The Labute approximate surface area is 143 Å². The second kappa shape index (κ2) is 9.67. The first-order valence-corrected chi connectivity index (χ1v) is 8.50. The molecular weight excluding hydrogens is 331 g/mol. The molecule has 7 heteroatoms. The Morgan fingerprint density at radius 3 is 2.58 bits per heavy atom. The Bertz CT molecular complexity index is 644. The van der Waals surface area contributed by atoms with Gasteiger partial charge in [-0.2, -0.15) is 0 Å². The van der Waals surface area contributed by atoms with Crippen molar-refractivity contribution < 1.29 is 18.7 Å². The SMILES string of the molecule is O=C(CCCNC(=O)c1cccs1)NCCOc1ccc(F)cc1. The molecule has 1 heterocycles. The first-order chi connectivity index (χ1) is 11.6. The fourth-order valence-electron chi connectivity index (χ4n) is 1.92. The van der Waals surface area contributed by atoms with Crippen LogP contribution in [-0.4, -0.2) is 31.5 Å². The zero-order valence-corrected chi connectivity index (χ0v) is 13.9. The van der Waals surface area contributed by atoms with E-state index in [1.807, 2.05) is 11.4 Å². The van der Waals surface area contributed by atoms with Gasteiger partial charge in [0.05, 0.1) is 11.4 Å². The fraction of sp³-hybridized carbons (Fsp3) is 0.294. The summed E-state index contributed by atoms with van der Waals surface area (Å²) in [6, 6.07) is 9.28. The van der Waals surface area contributed by atoms with E-state index in [2.05, 4.69) is 10.6 Å². The van der Waals surface area contributed by atoms with Gasteiger partial charge in [0.25, 0.3) is 5.91 Å². The number of rotatable bonds is 9. The minimum Gasteiger partial charge on any atom is -0.492 e. The molecule has 0 saturated heterocycles. The first-order valence-electron chi connectivity index (χ1n) is 7.62. The third-order valence-electron chi connectivity index (χ3n) is 3.12. The summed E-state index contributed by atoms with van der Waals surface area (Å²) < 4.78 is 18.1. The van der Waals surface area contributed by atoms with E-state index in [1.165, 1.54) is 35.6 Å². The van der Waals surface area contributed by atoms with Crippen molar-refractivity contribution in [1.82, 2.24) is 10.6 Å². The second-order valence-electron chi connectivity index (χ2n) is 4.99. The number of ether oxygens (including phenoxy) is 1. The van der Waals surface area contributed by atoms with Gasteiger partial charge in [-0.15, -0.1) is 11.3 Å². The number of hydrogen-bond acceptors (Lipinski definition) is 4. The minimum atomic E-state index is -0.318. The Kier molecular flexibility index (Phi) is 7.22. The van der Waals surface area contributed by atoms with Crippen molar-refractivity contribution >= 4 is 23.2 Å². The monoisotopic (exact) mass is 350 g/mol. The second-order valence-corrected chi connectivity index (χ2v) is 5.94. The molecule has 0 aliphatic heterocycles. The molecule has 2 rings (SSSR count). The first kappa shape index (κ1) is 17.9. The molecule has 2 amide bonds. The molecule has 0 bridgehead atoms.